The fourth-order valence-electron chi connectivity index (χ4n) is 0.684. The van der Waals surface area contributed by atoms with Crippen LogP contribution < -0.4 is 0 Å². The van der Waals surface area contributed by atoms with Gasteiger partial charge in [0.25, 0.3) is 0 Å². The van der Waals surface area contributed by atoms with Crippen LogP contribution in [0.25, 0.3) is 0 Å². The number of hydrogen-bond donors (Lipinski definition) is 0. The van der Waals surface area contributed by atoms with Gasteiger partial charge >= 0.3 is 0 Å². The Labute approximate surface area is 84.0 Å². The molecule has 0 aromatic heterocycles. The van der Waals surface area contributed by atoms with Crippen LogP contribution in [0, 0.1) is 0 Å². The van der Waals surface area contributed by atoms with Crippen molar-refractivity contribution in [2.45, 2.75) is 26.2 Å². The second-order valence-corrected chi connectivity index (χ2v) is 6.39. The molecule has 0 aromatic carbocycles. The van der Waals surface area contributed by atoms with Gasteiger partial charge in [-0.2, -0.15) is 0 Å². The number of unbranched alkanes of at least 4 members (excludes halogenated alkanes) is 2. The average molecular weight is 233 g/mol. The van der Waals surface area contributed by atoms with Gasteiger partial charge < -0.3 is 4.52 Å². The summed E-state index contributed by atoms with van der Waals surface area (Å²) < 4.78 is 16.5. The van der Waals surface area contributed by atoms with Crippen LogP contribution >= 0.6 is 30.6 Å². The molecule has 0 atom stereocenters. The lowest BCUT2D eigenvalue weighted by Gasteiger charge is -2.12. The molecule has 74 valence electrons. The van der Waals surface area contributed by atoms with Gasteiger partial charge in [-0.1, -0.05) is 19.8 Å². The third kappa shape index (κ3) is 5.42. The maximum Gasteiger partial charge on any atom is 0.231 e. The SMILES string of the molecule is CCCCCOP(=O)(CCl)CCl. The van der Waals surface area contributed by atoms with E-state index in [1.807, 2.05) is 0 Å². The van der Waals surface area contributed by atoms with Gasteiger partial charge in [0.15, 0.2) is 0 Å². The summed E-state index contributed by atoms with van der Waals surface area (Å²) in [5.41, 5.74) is 0.0330. The molecule has 0 saturated carbocycles. The van der Waals surface area contributed by atoms with Crippen molar-refractivity contribution in [3.05, 3.63) is 0 Å². The molecule has 0 aliphatic heterocycles. The van der Waals surface area contributed by atoms with Crippen molar-refractivity contribution in [3.63, 3.8) is 0 Å². The molecule has 0 N–H and O–H groups in total. The summed E-state index contributed by atoms with van der Waals surface area (Å²) in [6, 6.07) is 0. The molecule has 0 fully saturated rings. The van der Waals surface area contributed by atoms with E-state index in [9.17, 15) is 4.57 Å². The van der Waals surface area contributed by atoms with Crippen molar-refractivity contribution in [3.8, 4) is 0 Å². The molecular weight excluding hydrogens is 218 g/mol. The minimum atomic E-state index is -2.69. The lowest BCUT2D eigenvalue weighted by Crippen LogP contribution is -1.95. The number of halogens is 2. The predicted octanol–water partition coefficient (Wildman–Crippen LogP) is 3.86. The Morgan fingerprint density at radius 1 is 1.25 bits per heavy atom. The van der Waals surface area contributed by atoms with Crippen LogP contribution in [0.5, 0.6) is 0 Å². The first-order chi connectivity index (χ1) is 5.68. The van der Waals surface area contributed by atoms with Crippen molar-refractivity contribution in [1.29, 1.82) is 0 Å². The van der Waals surface area contributed by atoms with Crippen LogP contribution in [0.2, 0.25) is 0 Å². The Hall–Kier alpha value is 0.770. The number of alkyl halides is 2. The van der Waals surface area contributed by atoms with Crippen LogP contribution in [-0.4, -0.2) is 17.8 Å². The van der Waals surface area contributed by atoms with Crippen molar-refractivity contribution in [1.82, 2.24) is 0 Å². The van der Waals surface area contributed by atoms with E-state index in [0.29, 0.717) is 6.61 Å². The van der Waals surface area contributed by atoms with Gasteiger partial charge in [0.05, 0.1) is 6.61 Å². The van der Waals surface area contributed by atoms with Crippen molar-refractivity contribution in [2.75, 3.05) is 17.8 Å². The second kappa shape index (κ2) is 7.20. The summed E-state index contributed by atoms with van der Waals surface area (Å²) in [6.45, 7) is 2.60. The zero-order chi connectivity index (χ0) is 9.45. The molecule has 0 spiro atoms. The standard InChI is InChI=1S/C7H15Cl2O2P/c1-2-3-4-5-11-12(10,6-8)7-9/h2-7H2,1H3. The molecule has 0 amide bonds. The molecule has 0 saturated heterocycles. The molecule has 0 aliphatic carbocycles. The van der Waals surface area contributed by atoms with Gasteiger partial charge in [-0.05, 0) is 6.42 Å². The van der Waals surface area contributed by atoms with E-state index >= 15 is 0 Å². The van der Waals surface area contributed by atoms with Crippen molar-refractivity contribution >= 4 is 30.6 Å². The summed E-state index contributed by atoms with van der Waals surface area (Å²) in [5.74, 6) is 0. The second-order valence-electron chi connectivity index (χ2n) is 2.59. The zero-order valence-electron chi connectivity index (χ0n) is 7.26. The van der Waals surface area contributed by atoms with E-state index in [1.54, 1.807) is 0 Å². The van der Waals surface area contributed by atoms with Gasteiger partial charge in [-0.3, -0.25) is 4.57 Å². The summed E-state index contributed by atoms with van der Waals surface area (Å²) in [6.07, 6.45) is 3.13. The molecule has 0 aromatic rings. The quantitative estimate of drug-likeness (QED) is 0.379. The van der Waals surface area contributed by atoms with Crippen LogP contribution in [0.4, 0.5) is 0 Å². The molecular formula is C7H15Cl2O2P. The first-order valence-electron chi connectivity index (χ1n) is 4.03. The smallest absolute Gasteiger partial charge is 0.231 e. The third-order valence-corrected chi connectivity index (χ3v) is 5.01. The fourth-order valence-corrected chi connectivity index (χ4v) is 2.53. The number of hydrogen-bond acceptors (Lipinski definition) is 2. The summed E-state index contributed by atoms with van der Waals surface area (Å²) >= 11 is 10.9. The van der Waals surface area contributed by atoms with Crippen LogP contribution in [0.1, 0.15) is 26.2 Å². The topological polar surface area (TPSA) is 26.3 Å². The Bertz CT molecular complexity index is 144. The Morgan fingerprint density at radius 3 is 2.25 bits per heavy atom. The first kappa shape index (κ1) is 12.8. The van der Waals surface area contributed by atoms with Crippen LogP contribution in [0.3, 0.4) is 0 Å². The van der Waals surface area contributed by atoms with Crippen LogP contribution in [-0.2, 0) is 9.09 Å². The highest BCUT2D eigenvalue weighted by Crippen LogP contribution is 2.48. The zero-order valence-corrected chi connectivity index (χ0v) is 9.67. The van der Waals surface area contributed by atoms with Gasteiger partial charge in [-0.15, -0.1) is 23.2 Å². The predicted molar refractivity (Wildman–Crippen MR) is 54.5 cm³/mol. The van der Waals surface area contributed by atoms with Gasteiger partial charge in [0.2, 0.25) is 7.37 Å². The summed E-state index contributed by atoms with van der Waals surface area (Å²) in [7, 11) is -2.69. The minimum Gasteiger partial charge on any atom is -0.327 e. The van der Waals surface area contributed by atoms with Gasteiger partial charge in [-0.25, -0.2) is 0 Å². The molecule has 0 unspecified atom stereocenters. The highest BCUT2D eigenvalue weighted by molar-refractivity contribution is 7.62. The lowest BCUT2D eigenvalue weighted by atomic mass is 10.3. The van der Waals surface area contributed by atoms with E-state index in [2.05, 4.69) is 6.92 Å². The third-order valence-electron chi connectivity index (χ3n) is 1.44. The van der Waals surface area contributed by atoms with E-state index in [1.165, 1.54) is 0 Å². The number of rotatable bonds is 7. The lowest BCUT2D eigenvalue weighted by molar-refractivity contribution is 0.308. The Kier molecular flexibility index (Phi) is 7.66. The molecule has 5 heteroatoms. The van der Waals surface area contributed by atoms with Gasteiger partial charge in [0.1, 0.15) is 11.2 Å². The van der Waals surface area contributed by atoms with E-state index in [4.69, 9.17) is 27.7 Å². The average Bonchev–Trinajstić information content (AvgIpc) is 2.12. The largest absolute Gasteiger partial charge is 0.327 e. The van der Waals surface area contributed by atoms with Crippen molar-refractivity contribution in [2.24, 2.45) is 0 Å². The summed E-state index contributed by atoms with van der Waals surface area (Å²) in [4.78, 5) is 0. The normalized spacial score (nSPS) is 11.9. The molecule has 0 heterocycles. The van der Waals surface area contributed by atoms with Gasteiger partial charge in [0, 0.05) is 0 Å². The Morgan fingerprint density at radius 2 is 1.83 bits per heavy atom. The first-order valence-corrected chi connectivity index (χ1v) is 7.09. The molecule has 0 radical (unpaired) electrons. The molecule has 0 bridgehead atoms. The van der Waals surface area contributed by atoms with E-state index in [-0.39, 0.29) is 11.2 Å². The van der Waals surface area contributed by atoms with Crippen LogP contribution in [0.15, 0.2) is 0 Å². The maximum atomic E-state index is 11.4. The molecule has 12 heavy (non-hydrogen) atoms. The van der Waals surface area contributed by atoms with Crippen molar-refractivity contribution < 1.29 is 9.09 Å². The molecule has 0 rings (SSSR count). The molecule has 0 aliphatic rings. The maximum absolute atomic E-state index is 11.4. The molecule has 2 nitrogen and oxygen atoms in total. The minimum absolute atomic E-state index is 0.0165. The fraction of sp³-hybridized carbons (Fsp3) is 1.00. The van der Waals surface area contributed by atoms with E-state index < -0.39 is 7.37 Å². The highest BCUT2D eigenvalue weighted by Gasteiger charge is 2.19. The highest BCUT2D eigenvalue weighted by atomic mass is 35.5. The summed E-state index contributed by atoms with van der Waals surface area (Å²) in [5, 5.41) is 0. The van der Waals surface area contributed by atoms with E-state index in [0.717, 1.165) is 19.3 Å². The monoisotopic (exact) mass is 232 g/mol. The Balaban J connectivity index is 3.52.